The number of carbonyl (C=O) groups is 4. The molecule has 0 atom stereocenters. The number of benzene rings is 2. The first-order chi connectivity index (χ1) is 17.8. The molecular formula is C26H17ClN4O5S. The van der Waals surface area contributed by atoms with Crippen molar-refractivity contribution in [2.24, 2.45) is 5.73 Å². The SMILES string of the molecule is NC(=O)c1cc(Oc2cccc(CN3C(=O)c4cccc(NC(=O)c5ccc(Cl)s5)c4C3=O)c2)ccn1. The van der Waals surface area contributed by atoms with Crippen molar-refractivity contribution >= 4 is 52.3 Å². The Bertz CT molecular complexity index is 1580. The number of pyridine rings is 1. The third kappa shape index (κ3) is 4.92. The van der Waals surface area contributed by atoms with Gasteiger partial charge >= 0.3 is 0 Å². The van der Waals surface area contributed by atoms with Crippen LogP contribution in [0.15, 0.2) is 72.9 Å². The van der Waals surface area contributed by atoms with E-state index in [9.17, 15) is 19.2 Å². The van der Waals surface area contributed by atoms with Crippen molar-refractivity contribution in [3.8, 4) is 11.5 Å². The molecule has 11 heteroatoms. The Balaban J connectivity index is 1.35. The highest BCUT2D eigenvalue weighted by Gasteiger charge is 2.37. The van der Waals surface area contributed by atoms with Crippen molar-refractivity contribution in [3.05, 3.63) is 105 Å². The fourth-order valence-corrected chi connectivity index (χ4v) is 4.78. The number of nitrogens with two attached hydrogens (primary N) is 1. The van der Waals surface area contributed by atoms with E-state index in [2.05, 4.69) is 10.3 Å². The zero-order valence-electron chi connectivity index (χ0n) is 18.9. The lowest BCUT2D eigenvalue weighted by molar-refractivity contribution is 0.0642. The van der Waals surface area contributed by atoms with Gasteiger partial charge in [0.2, 0.25) is 0 Å². The van der Waals surface area contributed by atoms with Crippen LogP contribution in [-0.2, 0) is 6.54 Å². The maximum absolute atomic E-state index is 13.3. The van der Waals surface area contributed by atoms with Crippen LogP contribution >= 0.6 is 22.9 Å². The van der Waals surface area contributed by atoms with Crippen molar-refractivity contribution in [1.29, 1.82) is 0 Å². The lowest BCUT2D eigenvalue weighted by Gasteiger charge is -2.15. The predicted octanol–water partition coefficient (Wildman–Crippen LogP) is 4.74. The standard InChI is InChI=1S/C26H17ClN4O5S/c27-21-8-7-20(37-21)24(33)30-18-6-2-5-17-22(18)26(35)31(25(17)34)13-14-3-1-4-15(11-14)36-16-9-10-29-19(12-16)23(28)32/h1-12H,13H2,(H2,28,32)(H,30,33). The lowest BCUT2D eigenvalue weighted by Crippen LogP contribution is -2.29. The molecule has 0 saturated heterocycles. The van der Waals surface area contributed by atoms with Gasteiger partial charge in [0.1, 0.15) is 17.2 Å². The van der Waals surface area contributed by atoms with Crippen LogP contribution in [0.3, 0.4) is 0 Å². The average Bonchev–Trinajstić information content (AvgIpc) is 3.42. The number of thiophene rings is 1. The third-order valence-corrected chi connectivity index (χ3v) is 6.73. The molecule has 3 heterocycles. The Hall–Kier alpha value is -4.54. The van der Waals surface area contributed by atoms with Crippen LogP contribution in [0.5, 0.6) is 11.5 Å². The molecular weight excluding hydrogens is 516 g/mol. The second-order valence-electron chi connectivity index (χ2n) is 7.97. The smallest absolute Gasteiger partial charge is 0.267 e. The van der Waals surface area contributed by atoms with E-state index in [1.165, 1.54) is 12.3 Å². The van der Waals surface area contributed by atoms with Gasteiger partial charge in [-0.05, 0) is 48.0 Å². The van der Waals surface area contributed by atoms with Crippen molar-refractivity contribution in [1.82, 2.24) is 9.88 Å². The average molecular weight is 533 g/mol. The maximum Gasteiger partial charge on any atom is 0.267 e. The first kappa shape index (κ1) is 24.2. The van der Waals surface area contributed by atoms with Crippen molar-refractivity contribution < 1.29 is 23.9 Å². The van der Waals surface area contributed by atoms with Gasteiger partial charge < -0.3 is 15.8 Å². The Kier molecular flexibility index (Phi) is 6.43. The first-order valence-electron chi connectivity index (χ1n) is 10.9. The van der Waals surface area contributed by atoms with Crippen LogP contribution in [0.25, 0.3) is 0 Å². The maximum atomic E-state index is 13.3. The summed E-state index contributed by atoms with van der Waals surface area (Å²) in [4.78, 5) is 55.7. The summed E-state index contributed by atoms with van der Waals surface area (Å²) in [6.45, 7) is -0.0135. The highest BCUT2D eigenvalue weighted by molar-refractivity contribution is 7.18. The molecule has 0 spiro atoms. The van der Waals surface area contributed by atoms with E-state index in [1.807, 2.05) is 0 Å². The summed E-state index contributed by atoms with van der Waals surface area (Å²) in [6, 6.07) is 17.7. The molecule has 0 bridgehead atoms. The molecule has 0 saturated carbocycles. The van der Waals surface area contributed by atoms with Crippen LogP contribution < -0.4 is 15.8 Å². The number of aromatic nitrogens is 1. The molecule has 0 aliphatic carbocycles. The summed E-state index contributed by atoms with van der Waals surface area (Å²) >= 11 is 7.03. The molecule has 184 valence electrons. The highest BCUT2D eigenvalue weighted by Crippen LogP contribution is 2.32. The van der Waals surface area contributed by atoms with E-state index < -0.39 is 23.6 Å². The van der Waals surface area contributed by atoms with E-state index in [0.717, 1.165) is 16.2 Å². The number of nitrogens with one attached hydrogen (secondary N) is 1. The molecule has 37 heavy (non-hydrogen) atoms. The molecule has 1 aliphatic heterocycles. The minimum Gasteiger partial charge on any atom is -0.457 e. The minimum atomic E-state index is -0.681. The molecule has 0 radical (unpaired) electrons. The molecule has 1 aliphatic rings. The van der Waals surface area contributed by atoms with Crippen molar-refractivity contribution in [3.63, 3.8) is 0 Å². The van der Waals surface area contributed by atoms with Gasteiger partial charge in [0.05, 0.1) is 32.6 Å². The van der Waals surface area contributed by atoms with Crippen LogP contribution in [-0.4, -0.2) is 33.5 Å². The number of amides is 4. The van der Waals surface area contributed by atoms with Gasteiger partial charge in [-0.15, -0.1) is 11.3 Å². The molecule has 4 aromatic rings. The number of nitrogens with zero attached hydrogens (tertiary/aromatic N) is 2. The molecule has 2 aromatic heterocycles. The van der Waals surface area contributed by atoms with Crippen molar-refractivity contribution in [2.45, 2.75) is 6.54 Å². The van der Waals surface area contributed by atoms with Crippen LogP contribution in [0.2, 0.25) is 4.34 Å². The number of halogens is 1. The Morgan fingerprint density at radius 3 is 2.54 bits per heavy atom. The summed E-state index contributed by atoms with van der Waals surface area (Å²) in [5.74, 6) is -1.31. The normalized spacial score (nSPS) is 12.4. The van der Waals surface area contributed by atoms with E-state index in [1.54, 1.807) is 60.7 Å². The van der Waals surface area contributed by atoms with Gasteiger partial charge in [0.15, 0.2) is 0 Å². The van der Waals surface area contributed by atoms with Gasteiger partial charge in [0.25, 0.3) is 23.6 Å². The number of hydrogen-bond donors (Lipinski definition) is 2. The van der Waals surface area contributed by atoms with E-state index in [0.29, 0.717) is 26.3 Å². The van der Waals surface area contributed by atoms with Crippen LogP contribution in [0.4, 0.5) is 5.69 Å². The first-order valence-corrected chi connectivity index (χ1v) is 12.1. The second-order valence-corrected chi connectivity index (χ2v) is 9.69. The highest BCUT2D eigenvalue weighted by atomic mass is 35.5. The summed E-state index contributed by atoms with van der Waals surface area (Å²) in [5.41, 5.74) is 6.54. The van der Waals surface area contributed by atoms with E-state index >= 15 is 0 Å². The summed E-state index contributed by atoms with van der Waals surface area (Å²) in [5, 5.41) is 2.71. The fourth-order valence-electron chi connectivity index (χ4n) is 3.84. The van der Waals surface area contributed by atoms with Crippen LogP contribution in [0.1, 0.15) is 46.4 Å². The number of rotatable bonds is 7. The number of primary amides is 1. The zero-order valence-corrected chi connectivity index (χ0v) is 20.5. The number of anilines is 1. The Morgan fingerprint density at radius 1 is 1.00 bits per heavy atom. The molecule has 9 nitrogen and oxygen atoms in total. The number of imide groups is 1. The van der Waals surface area contributed by atoms with E-state index in [-0.39, 0.29) is 29.1 Å². The van der Waals surface area contributed by atoms with Gasteiger partial charge in [-0.25, -0.2) is 0 Å². The van der Waals surface area contributed by atoms with Gasteiger partial charge in [0, 0.05) is 12.3 Å². The van der Waals surface area contributed by atoms with Crippen molar-refractivity contribution in [2.75, 3.05) is 5.32 Å². The summed E-state index contributed by atoms with van der Waals surface area (Å²) < 4.78 is 6.27. The lowest BCUT2D eigenvalue weighted by atomic mass is 10.1. The fraction of sp³-hybridized carbons (Fsp3) is 0.0385. The molecule has 2 aromatic carbocycles. The van der Waals surface area contributed by atoms with Gasteiger partial charge in [-0.2, -0.15) is 0 Å². The molecule has 4 amide bonds. The van der Waals surface area contributed by atoms with Gasteiger partial charge in [-0.3, -0.25) is 29.1 Å². The Morgan fingerprint density at radius 2 is 1.78 bits per heavy atom. The largest absolute Gasteiger partial charge is 0.457 e. The third-order valence-electron chi connectivity index (χ3n) is 5.50. The molecule has 5 rings (SSSR count). The molecule has 0 unspecified atom stereocenters. The monoisotopic (exact) mass is 532 g/mol. The topological polar surface area (TPSA) is 132 Å². The summed E-state index contributed by atoms with van der Waals surface area (Å²) in [6.07, 6.45) is 1.40. The number of ether oxygens (including phenoxy) is 1. The van der Waals surface area contributed by atoms with Crippen LogP contribution in [0, 0.1) is 0 Å². The zero-order chi connectivity index (χ0) is 26.1. The Labute approximate surface area is 219 Å². The molecule has 0 fully saturated rings. The number of fused-ring (bicyclic) bond motifs is 1. The quantitative estimate of drug-likeness (QED) is 0.330. The van der Waals surface area contributed by atoms with E-state index in [4.69, 9.17) is 22.1 Å². The van der Waals surface area contributed by atoms with Gasteiger partial charge in [-0.1, -0.05) is 29.8 Å². The number of hydrogen-bond acceptors (Lipinski definition) is 7. The number of carbonyl (C=O) groups excluding carboxylic acids is 4. The molecule has 3 N–H and O–H groups in total. The minimum absolute atomic E-state index is 0.0135. The predicted molar refractivity (Wildman–Crippen MR) is 137 cm³/mol. The summed E-state index contributed by atoms with van der Waals surface area (Å²) in [7, 11) is 0. The second kappa shape index (κ2) is 9.84.